The standard InChI is InChI=1S/C41H40N4O4/c1-46-28-10-12-30-32-15-17-42-36(40(32)44-34(30)22-28)19-27(26-9-14-38(39(21-26)48-3)49-24-25-7-5-4-6-8-25)20-37-41-33(16-18-43-37)31-13-11-29(47-2)23-35(31)45-41/h4-14,21-23,27,44-45H,15-20,24H2,1-3H3. The van der Waals surface area contributed by atoms with Gasteiger partial charge < -0.3 is 28.9 Å². The predicted molar refractivity (Wildman–Crippen MR) is 196 cm³/mol. The number of ether oxygens (including phenoxy) is 4. The molecule has 0 atom stereocenters. The highest BCUT2D eigenvalue weighted by Crippen LogP contribution is 2.39. The SMILES string of the molecule is COc1ccc2c3c([nH]c2c1)C(CC(CC1=NCCc2c1[nH]c1cc(OC)ccc21)c1ccc(OCc2ccccc2)c(OC)c1)=NCC3. The van der Waals surface area contributed by atoms with Gasteiger partial charge in [0, 0.05) is 47.0 Å². The van der Waals surface area contributed by atoms with Crippen molar-refractivity contribution in [3.8, 4) is 23.0 Å². The normalized spacial score (nSPS) is 14.0. The van der Waals surface area contributed by atoms with Crippen LogP contribution in [-0.4, -0.2) is 55.8 Å². The van der Waals surface area contributed by atoms with Gasteiger partial charge in [0.2, 0.25) is 0 Å². The van der Waals surface area contributed by atoms with Crippen molar-refractivity contribution < 1.29 is 18.9 Å². The number of aromatic nitrogens is 2. The van der Waals surface area contributed by atoms with E-state index in [4.69, 9.17) is 28.9 Å². The smallest absolute Gasteiger partial charge is 0.161 e. The van der Waals surface area contributed by atoms with Gasteiger partial charge in [-0.05, 0) is 90.3 Å². The number of hydrogen-bond acceptors (Lipinski definition) is 6. The van der Waals surface area contributed by atoms with E-state index in [0.29, 0.717) is 12.4 Å². The van der Waals surface area contributed by atoms with Crippen LogP contribution in [0.15, 0.2) is 94.9 Å². The molecule has 6 aromatic rings. The molecule has 8 heteroatoms. The first-order valence-electron chi connectivity index (χ1n) is 16.9. The van der Waals surface area contributed by atoms with Crippen LogP contribution in [-0.2, 0) is 19.4 Å². The summed E-state index contributed by atoms with van der Waals surface area (Å²) in [7, 11) is 5.11. The van der Waals surface area contributed by atoms with Gasteiger partial charge in [-0.2, -0.15) is 0 Å². The minimum atomic E-state index is 0.0772. The monoisotopic (exact) mass is 652 g/mol. The Morgan fingerprint density at radius 2 is 1.22 bits per heavy atom. The Balaban J connectivity index is 1.16. The zero-order valence-corrected chi connectivity index (χ0v) is 28.1. The summed E-state index contributed by atoms with van der Waals surface area (Å²) in [5, 5.41) is 2.47. The van der Waals surface area contributed by atoms with Gasteiger partial charge in [-0.15, -0.1) is 0 Å². The van der Waals surface area contributed by atoms with Gasteiger partial charge >= 0.3 is 0 Å². The molecule has 0 saturated carbocycles. The lowest BCUT2D eigenvalue weighted by Gasteiger charge is -2.24. The molecular weight excluding hydrogens is 612 g/mol. The van der Waals surface area contributed by atoms with Gasteiger partial charge in [0.1, 0.15) is 18.1 Å². The molecule has 0 unspecified atom stereocenters. The van der Waals surface area contributed by atoms with Crippen LogP contribution < -0.4 is 18.9 Å². The van der Waals surface area contributed by atoms with E-state index in [1.165, 1.54) is 21.9 Å². The highest BCUT2D eigenvalue weighted by atomic mass is 16.5. The van der Waals surface area contributed by atoms with Crippen molar-refractivity contribution >= 4 is 33.2 Å². The Labute approximate surface area is 285 Å². The molecule has 0 amide bonds. The van der Waals surface area contributed by atoms with E-state index >= 15 is 0 Å². The third kappa shape index (κ3) is 5.92. The van der Waals surface area contributed by atoms with Crippen molar-refractivity contribution in [2.24, 2.45) is 9.98 Å². The van der Waals surface area contributed by atoms with Crippen molar-refractivity contribution in [2.75, 3.05) is 34.4 Å². The second kappa shape index (κ2) is 13.2. The average Bonchev–Trinajstić information content (AvgIpc) is 3.72. The number of nitrogens with zero attached hydrogens (tertiary/aromatic N) is 2. The Bertz CT molecular complexity index is 2100. The molecule has 0 saturated heterocycles. The fourth-order valence-electron chi connectivity index (χ4n) is 7.40. The number of hydrogen-bond donors (Lipinski definition) is 2. The molecule has 2 aromatic heterocycles. The van der Waals surface area contributed by atoms with Gasteiger partial charge in [0.25, 0.3) is 0 Å². The fraction of sp³-hybridized carbons (Fsp3) is 0.268. The molecule has 0 aliphatic carbocycles. The lowest BCUT2D eigenvalue weighted by atomic mass is 9.84. The number of aliphatic imine (C=N–C) groups is 2. The van der Waals surface area contributed by atoms with Crippen molar-refractivity contribution in [3.63, 3.8) is 0 Å². The zero-order valence-electron chi connectivity index (χ0n) is 28.1. The Morgan fingerprint density at radius 1 is 0.633 bits per heavy atom. The number of benzene rings is 4. The molecule has 2 aliphatic rings. The first-order valence-corrected chi connectivity index (χ1v) is 16.9. The minimum Gasteiger partial charge on any atom is -0.497 e. The summed E-state index contributed by atoms with van der Waals surface area (Å²) in [5.74, 6) is 3.19. The second-order valence-electron chi connectivity index (χ2n) is 12.7. The Kier molecular flexibility index (Phi) is 8.29. The number of nitrogens with one attached hydrogen (secondary N) is 2. The number of rotatable bonds is 11. The predicted octanol–water partition coefficient (Wildman–Crippen LogP) is 8.21. The number of methoxy groups -OCH3 is 3. The van der Waals surface area contributed by atoms with Crippen LogP contribution in [0.1, 0.15) is 52.4 Å². The largest absolute Gasteiger partial charge is 0.497 e. The molecule has 0 radical (unpaired) electrons. The van der Waals surface area contributed by atoms with Gasteiger partial charge in [-0.25, -0.2) is 0 Å². The van der Waals surface area contributed by atoms with Crippen LogP contribution in [0.2, 0.25) is 0 Å². The molecule has 248 valence electrons. The molecule has 2 aliphatic heterocycles. The molecule has 49 heavy (non-hydrogen) atoms. The molecule has 8 rings (SSSR count). The average molecular weight is 653 g/mol. The summed E-state index contributed by atoms with van der Waals surface area (Å²) in [6, 6.07) is 29.1. The second-order valence-corrected chi connectivity index (χ2v) is 12.7. The minimum absolute atomic E-state index is 0.0772. The van der Waals surface area contributed by atoms with Crippen molar-refractivity contribution in [1.29, 1.82) is 0 Å². The Hall–Kier alpha value is -5.50. The molecule has 0 spiro atoms. The van der Waals surface area contributed by atoms with Crippen LogP contribution in [0, 0.1) is 0 Å². The summed E-state index contributed by atoms with van der Waals surface area (Å²) in [6.07, 6.45) is 3.30. The van der Waals surface area contributed by atoms with Gasteiger partial charge in [0.15, 0.2) is 11.5 Å². The molecular formula is C41H40N4O4. The molecule has 0 fully saturated rings. The van der Waals surface area contributed by atoms with E-state index in [1.54, 1.807) is 21.3 Å². The van der Waals surface area contributed by atoms with Crippen LogP contribution in [0.25, 0.3) is 21.8 Å². The van der Waals surface area contributed by atoms with Crippen LogP contribution in [0.5, 0.6) is 23.0 Å². The van der Waals surface area contributed by atoms with Crippen molar-refractivity contribution in [1.82, 2.24) is 9.97 Å². The van der Waals surface area contributed by atoms with Crippen LogP contribution in [0.4, 0.5) is 0 Å². The quantitative estimate of drug-likeness (QED) is 0.148. The maximum Gasteiger partial charge on any atom is 0.161 e. The summed E-state index contributed by atoms with van der Waals surface area (Å²) < 4.78 is 23.2. The summed E-state index contributed by atoms with van der Waals surface area (Å²) >= 11 is 0. The van der Waals surface area contributed by atoms with E-state index in [-0.39, 0.29) is 5.92 Å². The van der Waals surface area contributed by atoms with E-state index in [2.05, 4.69) is 58.5 Å². The van der Waals surface area contributed by atoms with E-state index in [0.717, 1.165) is 101 Å². The first kappa shape index (κ1) is 30.8. The number of aromatic amines is 2. The summed E-state index contributed by atoms with van der Waals surface area (Å²) in [6.45, 7) is 1.99. The Morgan fingerprint density at radius 3 is 1.78 bits per heavy atom. The third-order valence-corrected chi connectivity index (χ3v) is 9.91. The lowest BCUT2D eigenvalue weighted by Crippen LogP contribution is -2.20. The summed E-state index contributed by atoms with van der Waals surface area (Å²) in [5.41, 5.74) is 11.5. The van der Waals surface area contributed by atoms with E-state index in [1.807, 2.05) is 36.4 Å². The summed E-state index contributed by atoms with van der Waals surface area (Å²) in [4.78, 5) is 17.7. The van der Waals surface area contributed by atoms with Gasteiger partial charge in [-0.1, -0.05) is 36.4 Å². The third-order valence-electron chi connectivity index (χ3n) is 9.91. The molecule has 4 heterocycles. The maximum absolute atomic E-state index is 6.24. The maximum atomic E-state index is 6.24. The van der Waals surface area contributed by atoms with Crippen LogP contribution in [0.3, 0.4) is 0 Å². The molecule has 2 N–H and O–H groups in total. The van der Waals surface area contributed by atoms with E-state index < -0.39 is 0 Å². The van der Waals surface area contributed by atoms with E-state index in [9.17, 15) is 0 Å². The first-order chi connectivity index (χ1) is 24.1. The zero-order chi connectivity index (χ0) is 33.3. The number of fused-ring (bicyclic) bond motifs is 6. The molecule has 0 bridgehead atoms. The molecule has 8 nitrogen and oxygen atoms in total. The highest BCUT2D eigenvalue weighted by molar-refractivity contribution is 6.09. The number of H-pyrrole nitrogens is 2. The van der Waals surface area contributed by atoms with Gasteiger partial charge in [-0.3, -0.25) is 9.98 Å². The lowest BCUT2D eigenvalue weighted by molar-refractivity contribution is 0.284. The fourth-order valence-corrected chi connectivity index (χ4v) is 7.40. The van der Waals surface area contributed by atoms with Crippen LogP contribution >= 0.6 is 0 Å². The van der Waals surface area contributed by atoms with Crippen molar-refractivity contribution in [2.45, 2.75) is 38.2 Å². The molecule has 4 aromatic carbocycles. The van der Waals surface area contributed by atoms with Gasteiger partial charge in [0.05, 0.1) is 44.1 Å². The topological polar surface area (TPSA) is 93.2 Å². The highest BCUT2D eigenvalue weighted by Gasteiger charge is 2.28. The van der Waals surface area contributed by atoms with Crippen molar-refractivity contribution in [3.05, 3.63) is 119 Å².